The quantitative estimate of drug-likeness (QED) is 0.420. The molecule has 2 heterocycles. The molecule has 0 spiro atoms. The van der Waals surface area contributed by atoms with Gasteiger partial charge >= 0.3 is 0 Å². The molecule has 25 heavy (non-hydrogen) atoms. The lowest BCUT2D eigenvalue weighted by Crippen LogP contribution is -1.96. The van der Waals surface area contributed by atoms with Crippen molar-refractivity contribution in [2.75, 3.05) is 5.32 Å². The number of nitrogens with one attached hydrogen (secondary N) is 1. The molecule has 0 aliphatic carbocycles. The molecule has 5 heteroatoms. The van der Waals surface area contributed by atoms with Gasteiger partial charge in [-0.2, -0.15) is 0 Å². The fourth-order valence-corrected chi connectivity index (χ4v) is 3.95. The summed E-state index contributed by atoms with van der Waals surface area (Å²) in [7, 11) is 0. The fourth-order valence-electron chi connectivity index (χ4n) is 2.77. The molecule has 0 fully saturated rings. The van der Waals surface area contributed by atoms with Crippen LogP contribution in [0.15, 0.2) is 58.6 Å². The maximum Gasteiger partial charge on any atom is 0.143 e. The van der Waals surface area contributed by atoms with Gasteiger partial charge in [0, 0.05) is 21.1 Å². The van der Waals surface area contributed by atoms with Crippen molar-refractivity contribution >= 4 is 49.0 Å². The zero-order valence-electron chi connectivity index (χ0n) is 13.9. The average Bonchev–Trinajstić information content (AvgIpc) is 3.04. The number of halogens is 1. The van der Waals surface area contributed by atoms with Gasteiger partial charge in [0.1, 0.15) is 17.0 Å². The van der Waals surface area contributed by atoms with Crippen molar-refractivity contribution in [1.82, 2.24) is 9.97 Å². The van der Waals surface area contributed by atoms with E-state index in [1.807, 2.05) is 0 Å². The highest BCUT2D eigenvalue weighted by Gasteiger charge is 2.13. The van der Waals surface area contributed by atoms with Gasteiger partial charge in [-0.1, -0.05) is 34.1 Å². The Balaban J connectivity index is 1.82. The lowest BCUT2D eigenvalue weighted by atomic mass is 10.1. The summed E-state index contributed by atoms with van der Waals surface area (Å²) in [5.41, 5.74) is 5.89. The molecule has 0 unspecified atom stereocenters. The van der Waals surface area contributed by atoms with Crippen LogP contribution in [0.5, 0.6) is 0 Å². The number of aryl methyl sites for hydroxylation is 2. The summed E-state index contributed by atoms with van der Waals surface area (Å²) in [6.07, 6.45) is 1.62. The first-order valence-electron chi connectivity index (χ1n) is 7.94. The third-order valence-electron chi connectivity index (χ3n) is 4.30. The van der Waals surface area contributed by atoms with E-state index >= 15 is 0 Å². The molecule has 4 rings (SSSR count). The smallest absolute Gasteiger partial charge is 0.143 e. The summed E-state index contributed by atoms with van der Waals surface area (Å²) in [6.45, 7) is 4.24. The van der Waals surface area contributed by atoms with E-state index in [0.29, 0.717) is 0 Å². The Labute approximate surface area is 158 Å². The first-order valence-corrected chi connectivity index (χ1v) is 9.61. The molecule has 0 atom stereocenters. The maximum absolute atomic E-state index is 4.51. The molecular weight excluding hydrogens is 394 g/mol. The zero-order valence-corrected chi connectivity index (χ0v) is 16.3. The van der Waals surface area contributed by atoms with E-state index in [9.17, 15) is 0 Å². The normalized spacial score (nSPS) is 11.0. The third kappa shape index (κ3) is 3.17. The minimum absolute atomic E-state index is 0.840. The van der Waals surface area contributed by atoms with Crippen molar-refractivity contribution in [3.05, 3.63) is 69.8 Å². The molecule has 4 aromatic rings. The highest BCUT2D eigenvalue weighted by Crippen LogP contribution is 2.37. The molecular formula is C20H16BrN3S. The van der Waals surface area contributed by atoms with E-state index in [1.54, 1.807) is 17.7 Å². The predicted molar refractivity (Wildman–Crippen MR) is 110 cm³/mol. The van der Waals surface area contributed by atoms with E-state index < -0.39 is 0 Å². The summed E-state index contributed by atoms with van der Waals surface area (Å²) in [5.74, 6) is 0.840. The number of aromatic nitrogens is 2. The Morgan fingerprint density at radius 2 is 1.76 bits per heavy atom. The molecule has 0 saturated heterocycles. The second-order valence-corrected chi connectivity index (χ2v) is 7.76. The highest BCUT2D eigenvalue weighted by molar-refractivity contribution is 9.10. The van der Waals surface area contributed by atoms with Crippen LogP contribution in [0.1, 0.15) is 11.1 Å². The molecule has 0 aliphatic rings. The number of hydrogen-bond acceptors (Lipinski definition) is 4. The summed E-state index contributed by atoms with van der Waals surface area (Å²) in [4.78, 5) is 9.93. The minimum atomic E-state index is 0.840. The molecule has 0 amide bonds. The van der Waals surface area contributed by atoms with E-state index in [1.165, 1.54) is 11.1 Å². The van der Waals surface area contributed by atoms with Crippen LogP contribution in [0.4, 0.5) is 11.5 Å². The van der Waals surface area contributed by atoms with Crippen LogP contribution < -0.4 is 5.32 Å². The molecule has 2 aromatic carbocycles. The molecule has 2 aromatic heterocycles. The van der Waals surface area contributed by atoms with Crippen LogP contribution >= 0.6 is 27.3 Å². The van der Waals surface area contributed by atoms with Gasteiger partial charge in [-0.3, -0.25) is 0 Å². The summed E-state index contributed by atoms with van der Waals surface area (Å²) in [5, 5.41) is 6.68. The summed E-state index contributed by atoms with van der Waals surface area (Å²) < 4.78 is 1.07. The van der Waals surface area contributed by atoms with Gasteiger partial charge in [-0.25, -0.2) is 9.97 Å². The molecule has 0 saturated carbocycles. The molecule has 1 N–H and O–H groups in total. The van der Waals surface area contributed by atoms with Crippen LogP contribution in [0.2, 0.25) is 0 Å². The van der Waals surface area contributed by atoms with Gasteiger partial charge in [-0.15, -0.1) is 11.3 Å². The Morgan fingerprint density at radius 1 is 0.960 bits per heavy atom. The number of hydrogen-bond donors (Lipinski definition) is 1. The third-order valence-corrected chi connectivity index (χ3v) is 5.71. The van der Waals surface area contributed by atoms with Gasteiger partial charge in [0.05, 0.1) is 5.39 Å². The zero-order chi connectivity index (χ0) is 17.4. The van der Waals surface area contributed by atoms with Crippen LogP contribution in [0.25, 0.3) is 21.3 Å². The SMILES string of the molecule is Cc1ccc(Nc2ncnc3scc(-c4ccc(Br)cc4)c23)cc1C. The second-order valence-electron chi connectivity index (χ2n) is 5.98. The molecule has 124 valence electrons. The van der Waals surface area contributed by atoms with Crippen molar-refractivity contribution in [2.45, 2.75) is 13.8 Å². The van der Waals surface area contributed by atoms with E-state index in [-0.39, 0.29) is 0 Å². The first-order chi connectivity index (χ1) is 12.1. The van der Waals surface area contributed by atoms with Crippen molar-refractivity contribution in [3.8, 4) is 11.1 Å². The molecule has 3 nitrogen and oxygen atoms in total. The second kappa shape index (κ2) is 6.58. The Kier molecular flexibility index (Phi) is 4.27. The van der Waals surface area contributed by atoms with Crippen LogP contribution in [0.3, 0.4) is 0 Å². The fraction of sp³-hybridized carbons (Fsp3) is 0.100. The van der Waals surface area contributed by atoms with Crippen molar-refractivity contribution in [3.63, 3.8) is 0 Å². The predicted octanol–water partition coefficient (Wildman–Crippen LogP) is 6.48. The number of benzene rings is 2. The molecule has 0 radical (unpaired) electrons. The van der Waals surface area contributed by atoms with E-state index in [4.69, 9.17) is 0 Å². The minimum Gasteiger partial charge on any atom is -0.340 e. The Morgan fingerprint density at radius 3 is 2.52 bits per heavy atom. The topological polar surface area (TPSA) is 37.8 Å². The van der Waals surface area contributed by atoms with Crippen LogP contribution in [-0.4, -0.2) is 9.97 Å². The van der Waals surface area contributed by atoms with Crippen LogP contribution in [-0.2, 0) is 0 Å². The van der Waals surface area contributed by atoms with Crippen LogP contribution in [0, 0.1) is 13.8 Å². The lowest BCUT2D eigenvalue weighted by molar-refractivity contribution is 1.23. The van der Waals surface area contributed by atoms with E-state index in [2.05, 4.69) is 92.9 Å². The van der Waals surface area contributed by atoms with Gasteiger partial charge in [0.15, 0.2) is 0 Å². The van der Waals surface area contributed by atoms with Crippen molar-refractivity contribution < 1.29 is 0 Å². The average molecular weight is 410 g/mol. The first kappa shape index (κ1) is 16.2. The van der Waals surface area contributed by atoms with Gasteiger partial charge in [0.2, 0.25) is 0 Å². The number of fused-ring (bicyclic) bond motifs is 1. The number of anilines is 2. The summed E-state index contributed by atoms with van der Waals surface area (Å²) >= 11 is 5.14. The van der Waals surface area contributed by atoms with Gasteiger partial charge in [0.25, 0.3) is 0 Å². The number of thiophene rings is 1. The molecule has 0 aliphatic heterocycles. The van der Waals surface area contributed by atoms with E-state index in [0.717, 1.165) is 37.3 Å². The standard InChI is InChI=1S/C20H16BrN3S/c1-12-3-8-16(9-13(12)2)24-19-18-17(10-25-20(18)23-11-22-19)14-4-6-15(21)7-5-14/h3-11H,1-2H3,(H,22,23,24). The number of nitrogens with zero attached hydrogens (tertiary/aromatic N) is 2. The molecule has 0 bridgehead atoms. The van der Waals surface area contributed by atoms with Crippen molar-refractivity contribution in [2.24, 2.45) is 0 Å². The summed E-state index contributed by atoms with van der Waals surface area (Å²) in [6, 6.07) is 14.7. The Bertz CT molecular complexity index is 1050. The maximum atomic E-state index is 4.51. The van der Waals surface area contributed by atoms with Gasteiger partial charge in [-0.05, 0) is 54.8 Å². The van der Waals surface area contributed by atoms with Gasteiger partial charge < -0.3 is 5.32 Å². The Hall–Kier alpha value is -2.24. The number of rotatable bonds is 3. The largest absolute Gasteiger partial charge is 0.340 e. The van der Waals surface area contributed by atoms with Crippen molar-refractivity contribution in [1.29, 1.82) is 0 Å². The highest BCUT2D eigenvalue weighted by atomic mass is 79.9. The lowest BCUT2D eigenvalue weighted by Gasteiger charge is -2.10. The monoisotopic (exact) mass is 409 g/mol.